The summed E-state index contributed by atoms with van der Waals surface area (Å²) in [6, 6.07) is 4.65. The molecule has 0 radical (unpaired) electrons. The summed E-state index contributed by atoms with van der Waals surface area (Å²) < 4.78 is 1.45. The number of amides is 3. The molecule has 0 atom stereocenters. The van der Waals surface area contributed by atoms with Crippen LogP contribution in [0.5, 0.6) is 0 Å². The van der Waals surface area contributed by atoms with E-state index in [9.17, 15) is 14.4 Å². The topological polar surface area (TPSA) is 83.8 Å². The second-order valence-corrected chi connectivity index (χ2v) is 7.34. The molecule has 2 aromatic rings. The maximum absolute atomic E-state index is 13.0. The van der Waals surface area contributed by atoms with Crippen LogP contribution in [0.25, 0.3) is 5.65 Å². The average Bonchev–Trinajstić information content (AvgIpc) is 2.77. The van der Waals surface area contributed by atoms with Gasteiger partial charge in [0.2, 0.25) is 0 Å². The Morgan fingerprint density at radius 1 is 1.12 bits per heavy atom. The van der Waals surface area contributed by atoms with Crippen molar-refractivity contribution in [3.8, 4) is 0 Å². The third-order valence-corrected chi connectivity index (χ3v) is 5.40. The molecule has 1 N–H and O–H groups in total. The van der Waals surface area contributed by atoms with E-state index in [1.807, 2.05) is 19.1 Å². The number of imide groups is 1. The summed E-state index contributed by atoms with van der Waals surface area (Å²) in [5.74, 6) is -0.185. The van der Waals surface area contributed by atoms with Gasteiger partial charge in [0.25, 0.3) is 11.5 Å². The van der Waals surface area contributed by atoms with Crippen molar-refractivity contribution in [1.29, 1.82) is 0 Å². The summed E-state index contributed by atoms with van der Waals surface area (Å²) in [6.07, 6.45) is 7.10. The molecule has 1 aliphatic heterocycles. The van der Waals surface area contributed by atoms with Gasteiger partial charge in [0.15, 0.2) is 0 Å². The fourth-order valence-electron chi connectivity index (χ4n) is 3.99. The zero-order chi connectivity index (χ0) is 18.3. The van der Waals surface area contributed by atoms with E-state index >= 15 is 0 Å². The smallest absolute Gasteiger partial charge is 0.323 e. The van der Waals surface area contributed by atoms with E-state index in [4.69, 9.17) is 0 Å². The van der Waals surface area contributed by atoms with Crippen molar-refractivity contribution in [2.75, 3.05) is 0 Å². The minimum atomic E-state index is -0.768. The van der Waals surface area contributed by atoms with Crippen molar-refractivity contribution in [2.24, 2.45) is 0 Å². The molecule has 2 aliphatic rings. The van der Waals surface area contributed by atoms with Crippen LogP contribution < -0.4 is 10.9 Å². The fraction of sp³-hybridized carbons (Fsp3) is 0.474. The van der Waals surface area contributed by atoms with Crippen LogP contribution in [0.2, 0.25) is 0 Å². The highest BCUT2D eigenvalue weighted by Gasteiger charge is 2.50. The molecule has 0 aromatic carbocycles. The lowest BCUT2D eigenvalue weighted by atomic mass is 9.90. The van der Waals surface area contributed by atoms with Crippen LogP contribution in [0.4, 0.5) is 4.79 Å². The van der Waals surface area contributed by atoms with Gasteiger partial charge in [-0.15, -0.1) is 0 Å². The highest BCUT2D eigenvalue weighted by Crippen LogP contribution is 2.33. The van der Waals surface area contributed by atoms with Crippen LogP contribution in [-0.4, -0.2) is 31.8 Å². The molecule has 3 heterocycles. The Morgan fingerprint density at radius 2 is 1.85 bits per heavy atom. The van der Waals surface area contributed by atoms with E-state index in [0.29, 0.717) is 24.2 Å². The third kappa shape index (κ3) is 2.77. The van der Waals surface area contributed by atoms with Crippen LogP contribution >= 0.6 is 0 Å². The predicted octanol–water partition coefficient (Wildman–Crippen LogP) is 2.15. The predicted molar refractivity (Wildman–Crippen MR) is 95.7 cm³/mol. The monoisotopic (exact) mass is 354 g/mol. The number of hydrogen-bond donors (Lipinski definition) is 1. The van der Waals surface area contributed by atoms with Gasteiger partial charge in [-0.2, -0.15) is 0 Å². The van der Waals surface area contributed by atoms with E-state index in [-0.39, 0.29) is 24.0 Å². The first kappa shape index (κ1) is 16.8. The summed E-state index contributed by atoms with van der Waals surface area (Å²) in [6.45, 7) is 1.94. The third-order valence-electron chi connectivity index (χ3n) is 5.40. The minimum absolute atomic E-state index is 0.0199. The molecule has 136 valence electrons. The van der Waals surface area contributed by atoms with Crippen LogP contribution in [-0.2, 0) is 11.3 Å². The van der Waals surface area contributed by atoms with Crippen molar-refractivity contribution in [1.82, 2.24) is 19.6 Å². The molecule has 0 bridgehead atoms. The lowest BCUT2D eigenvalue weighted by molar-refractivity contribution is -0.132. The Labute approximate surface area is 151 Å². The lowest BCUT2D eigenvalue weighted by Crippen LogP contribution is -2.46. The fourth-order valence-corrected chi connectivity index (χ4v) is 3.99. The molecular formula is C19H22N4O3. The van der Waals surface area contributed by atoms with Crippen LogP contribution in [0.3, 0.4) is 0 Å². The van der Waals surface area contributed by atoms with Crippen molar-refractivity contribution >= 4 is 17.6 Å². The standard InChI is InChI=1S/C19H22N4O3/c1-13-6-9-22-15(10-13)20-14(11-16(22)24)12-23-17(25)19(21-18(23)26)7-4-2-3-5-8-19/h6,9-11H,2-5,7-8,12H2,1H3,(H,21,26). The van der Waals surface area contributed by atoms with Gasteiger partial charge in [-0.1, -0.05) is 25.7 Å². The number of fused-ring (bicyclic) bond motifs is 1. The van der Waals surface area contributed by atoms with E-state index in [1.165, 1.54) is 15.4 Å². The first-order chi connectivity index (χ1) is 12.5. The summed E-state index contributed by atoms with van der Waals surface area (Å²) in [5.41, 5.74) is 0.942. The Kier molecular flexibility index (Phi) is 4.01. The Balaban J connectivity index is 1.64. The molecule has 26 heavy (non-hydrogen) atoms. The highest BCUT2D eigenvalue weighted by atomic mass is 16.2. The molecule has 4 rings (SSSR count). The van der Waals surface area contributed by atoms with Crippen LogP contribution in [0.15, 0.2) is 29.2 Å². The largest absolute Gasteiger partial charge is 0.325 e. The summed E-state index contributed by atoms with van der Waals surface area (Å²) in [4.78, 5) is 43.4. The van der Waals surface area contributed by atoms with Crippen molar-refractivity contribution < 1.29 is 9.59 Å². The average molecular weight is 354 g/mol. The van der Waals surface area contributed by atoms with E-state index in [1.54, 1.807) is 6.20 Å². The van der Waals surface area contributed by atoms with Crippen molar-refractivity contribution in [3.05, 3.63) is 46.0 Å². The van der Waals surface area contributed by atoms with Crippen LogP contribution in [0.1, 0.15) is 49.8 Å². The Morgan fingerprint density at radius 3 is 2.58 bits per heavy atom. The quantitative estimate of drug-likeness (QED) is 0.838. The minimum Gasteiger partial charge on any atom is -0.323 e. The molecule has 1 spiro atoms. The number of pyridine rings is 1. The number of carbonyl (C=O) groups excluding carboxylic acids is 2. The Hall–Kier alpha value is -2.70. The first-order valence-corrected chi connectivity index (χ1v) is 9.12. The molecule has 1 saturated carbocycles. The zero-order valence-corrected chi connectivity index (χ0v) is 14.8. The Bertz CT molecular complexity index is 941. The molecule has 7 nitrogen and oxygen atoms in total. The van der Waals surface area contributed by atoms with Gasteiger partial charge in [0.1, 0.15) is 11.2 Å². The molecule has 1 saturated heterocycles. The molecule has 2 aromatic heterocycles. The van der Waals surface area contributed by atoms with Crippen molar-refractivity contribution in [3.63, 3.8) is 0 Å². The normalized spacial score (nSPS) is 19.8. The van der Waals surface area contributed by atoms with Gasteiger partial charge in [-0.05, 0) is 37.5 Å². The lowest BCUT2D eigenvalue weighted by Gasteiger charge is -2.24. The highest BCUT2D eigenvalue weighted by molar-refractivity contribution is 6.06. The molecular weight excluding hydrogens is 332 g/mol. The summed E-state index contributed by atoms with van der Waals surface area (Å²) in [7, 11) is 0. The maximum Gasteiger partial charge on any atom is 0.325 e. The number of rotatable bonds is 2. The SMILES string of the molecule is Cc1ccn2c(=O)cc(CN3C(=O)NC4(CCCCCC4)C3=O)nc2c1. The van der Waals surface area contributed by atoms with Gasteiger partial charge >= 0.3 is 6.03 Å². The van der Waals surface area contributed by atoms with E-state index in [2.05, 4.69) is 10.3 Å². The van der Waals surface area contributed by atoms with Gasteiger partial charge in [-0.25, -0.2) is 9.78 Å². The number of nitrogens with one attached hydrogen (secondary N) is 1. The molecule has 1 aliphatic carbocycles. The molecule has 3 amide bonds. The number of nitrogens with zero attached hydrogens (tertiary/aromatic N) is 3. The summed E-state index contributed by atoms with van der Waals surface area (Å²) in [5, 5.41) is 2.92. The van der Waals surface area contributed by atoms with E-state index in [0.717, 1.165) is 31.2 Å². The molecule has 7 heteroatoms. The number of hydrogen-bond acceptors (Lipinski definition) is 4. The molecule has 2 fully saturated rings. The second-order valence-electron chi connectivity index (χ2n) is 7.34. The number of carbonyl (C=O) groups is 2. The van der Waals surface area contributed by atoms with Gasteiger partial charge in [0.05, 0.1) is 12.2 Å². The second kappa shape index (κ2) is 6.23. The van der Waals surface area contributed by atoms with Crippen molar-refractivity contribution in [2.45, 2.75) is 57.5 Å². The number of urea groups is 1. The maximum atomic E-state index is 13.0. The summed E-state index contributed by atoms with van der Waals surface area (Å²) >= 11 is 0. The van der Waals surface area contributed by atoms with Gasteiger partial charge in [0, 0.05) is 12.3 Å². The first-order valence-electron chi connectivity index (χ1n) is 9.12. The number of aryl methyl sites for hydroxylation is 1. The molecule has 0 unspecified atom stereocenters. The van der Waals surface area contributed by atoms with Crippen LogP contribution in [0, 0.1) is 6.92 Å². The van der Waals surface area contributed by atoms with Gasteiger partial charge in [-0.3, -0.25) is 18.9 Å². The number of aromatic nitrogens is 2. The zero-order valence-electron chi connectivity index (χ0n) is 14.8. The van der Waals surface area contributed by atoms with Gasteiger partial charge < -0.3 is 5.32 Å². The van der Waals surface area contributed by atoms with E-state index < -0.39 is 5.54 Å².